The SMILES string of the molecule is CCOC(=O)Cn1nnnc1C(CC)N(Cc1cc2ccc(C)cc2[nH]c1=O)C1CCCCC1. The van der Waals surface area contributed by atoms with E-state index in [-0.39, 0.29) is 24.1 Å². The van der Waals surface area contributed by atoms with E-state index in [1.54, 1.807) is 6.92 Å². The molecule has 0 radical (unpaired) electrons. The van der Waals surface area contributed by atoms with E-state index in [1.165, 1.54) is 23.9 Å². The second-order valence-electron chi connectivity index (χ2n) is 9.10. The first-order valence-electron chi connectivity index (χ1n) is 12.3. The lowest BCUT2D eigenvalue weighted by Gasteiger charge is -2.39. The van der Waals surface area contributed by atoms with Crippen LogP contribution < -0.4 is 5.56 Å². The van der Waals surface area contributed by atoms with Gasteiger partial charge in [-0.05, 0) is 66.6 Å². The zero-order chi connectivity index (χ0) is 24.1. The fourth-order valence-corrected chi connectivity index (χ4v) is 5.04. The number of H-pyrrole nitrogens is 1. The van der Waals surface area contributed by atoms with Crippen LogP contribution in [0.25, 0.3) is 10.9 Å². The first kappa shape index (κ1) is 24.1. The predicted octanol–water partition coefficient (Wildman–Crippen LogP) is 3.67. The van der Waals surface area contributed by atoms with Gasteiger partial charge in [0.1, 0.15) is 6.54 Å². The number of ether oxygens (including phenoxy) is 1. The zero-order valence-corrected chi connectivity index (χ0v) is 20.3. The molecule has 182 valence electrons. The van der Waals surface area contributed by atoms with Gasteiger partial charge in [0.05, 0.1) is 12.6 Å². The molecule has 1 aliphatic carbocycles. The molecule has 1 aromatic carbocycles. The van der Waals surface area contributed by atoms with Crippen molar-refractivity contribution in [2.75, 3.05) is 6.61 Å². The molecule has 0 spiro atoms. The summed E-state index contributed by atoms with van der Waals surface area (Å²) in [6, 6.07) is 8.30. The summed E-state index contributed by atoms with van der Waals surface area (Å²) in [4.78, 5) is 30.6. The minimum absolute atomic E-state index is 0.0267. The van der Waals surface area contributed by atoms with Crippen molar-refractivity contribution in [3.8, 4) is 0 Å². The minimum Gasteiger partial charge on any atom is -0.465 e. The third kappa shape index (κ3) is 5.35. The lowest BCUT2D eigenvalue weighted by Crippen LogP contribution is -2.41. The van der Waals surface area contributed by atoms with Crippen molar-refractivity contribution in [2.45, 2.75) is 84.5 Å². The Bertz CT molecular complexity index is 1180. The molecule has 9 heteroatoms. The Balaban J connectivity index is 1.69. The van der Waals surface area contributed by atoms with Crippen LogP contribution in [0.4, 0.5) is 0 Å². The molecule has 1 fully saturated rings. The fourth-order valence-electron chi connectivity index (χ4n) is 5.04. The van der Waals surface area contributed by atoms with Crippen molar-refractivity contribution in [3.63, 3.8) is 0 Å². The van der Waals surface area contributed by atoms with Crippen LogP contribution in [-0.4, -0.2) is 48.7 Å². The third-order valence-corrected chi connectivity index (χ3v) is 6.70. The summed E-state index contributed by atoms with van der Waals surface area (Å²) < 4.78 is 6.64. The summed E-state index contributed by atoms with van der Waals surface area (Å²) in [5.41, 5.74) is 2.62. The van der Waals surface area contributed by atoms with Crippen LogP contribution in [0, 0.1) is 6.92 Å². The Morgan fingerprint density at radius 1 is 1.24 bits per heavy atom. The molecule has 0 bridgehead atoms. The van der Waals surface area contributed by atoms with Gasteiger partial charge < -0.3 is 9.72 Å². The number of aromatic amines is 1. The van der Waals surface area contributed by atoms with Crippen molar-refractivity contribution in [2.24, 2.45) is 0 Å². The van der Waals surface area contributed by atoms with Crippen molar-refractivity contribution in [1.82, 2.24) is 30.1 Å². The van der Waals surface area contributed by atoms with Gasteiger partial charge in [0.15, 0.2) is 5.82 Å². The van der Waals surface area contributed by atoms with Crippen LogP contribution >= 0.6 is 0 Å². The molecule has 1 atom stereocenters. The normalized spacial score (nSPS) is 15.6. The Hall–Kier alpha value is -3.07. The highest BCUT2D eigenvalue weighted by molar-refractivity contribution is 5.79. The number of aromatic nitrogens is 5. The number of hydrogen-bond donors (Lipinski definition) is 1. The molecule has 34 heavy (non-hydrogen) atoms. The number of aryl methyl sites for hydroxylation is 1. The second-order valence-corrected chi connectivity index (χ2v) is 9.10. The van der Waals surface area contributed by atoms with E-state index in [0.717, 1.165) is 41.3 Å². The van der Waals surface area contributed by atoms with Crippen molar-refractivity contribution in [1.29, 1.82) is 0 Å². The Morgan fingerprint density at radius 3 is 2.76 bits per heavy atom. The number of tetrazole rings is 1. The van der Waals surface area contributed by atoms with Crippen LogP contribution in [0.1, 0.15) is 75.4 Å². The Morgan fingerprint density at radius 2 is 2.03 bits per heavy atom. The molecule has 3 aromatic rings. The molecule has 9 nitrogen and oxygen atoms in total. The maximum atomic E-state index is 13.1. The molecule has 1 aliphatic rings. The quantitative estimate of drug-likeness (QED) is 0.480. The number of nitrogens with zero attached hydrogens (tertiary/aromatic N) is 5. The van der Waals surface area contributed by atoms with Crippen LogP contribution in [-0.2, 0) is 22.6 Å². The first-order chi connectivity index (χ1) is 16.5. The molecule has 2 heterocycles. The smallest absolute Gasteiger partial charge is 0.327 e. The number of carbonyl (C=O) groups excluding carboxylic acids is 1. The largest absolute Gasteiger partial charge is 0.465 e. The van der Waals surface area contributed by atoms with Crippen molar-refractivity contribution >= 4 is 16.9 Å². The average molecular weight is 467 g/mol. The molecule has 1 N–H and O–H groups in total. The van der Waals surface area contributed by atoms with Gasteiger partial charge in [-0.15, -0.1) is 5.10 Å². The van der Waals surface area contributed by atoms with Crippen LogP contribution in [0.2, 0.25) is 0 Å². The number of rotatable bonds is 9. The number of pyridine rings is 1. The van der Waals surface area contributed by atoms with E-state index in [1.807, 2.05) is 25.1 Å². The monoisotopic (exact) mass is 466 g/mol. The van der Waals surface area contributed by atoms with E-state index in [4.69, 9.17) is 4.74 Å². The molecule has 4 rings (SSSR count). The standard InChI is InChI=1S/C25H34N6O3/c1-4-22(24-27-28-29-31(24)16-23(32)34-5-2)30(20-9-7-6-8-10-20)15-19-14-18-12-11-17(3)13-21(18)26-25(19)33/h11-14,20,22H,4-10,15-16H2,1-3H3,(H,26,33). The highest BCUT2D eigenvalue weighted by Gasteiger charge is 2.32. The molecular formula is C25H34N6O3. The van der Waals surface area contributed by atoms with E-state index in [2.05, 4.69) is 38.4 Å². The predicted molar refractivity (Wildman–Crippen MR) is 129 cm³/mol. The summed E-state index contributed by atoms with van der Waals surface area (Å²) in [5.74, 6) is 0.269. The van der Waals surface area contributed by atoms with E-state index in [0.29, 0.717) is 25.0 Å². The van der Waals surface area contributed by atoms with Gasteiger partial charge in [-0.25, -0.2) is 4.68 Å². The average Bonchev–Trinajstić information content (AvgIpc) is 3.27. The van der Waals surface area contributed by atoms with E-state index < -0.39 is 0 Å². The maximum absolute atomic E-state index is 13.1. The van der Waals surface area contributed by atoms with Gasteiger partial charge in [-0.1, -0.05) is 38.3 Å². The molecule has 1 unspecified atom stereocenters. The summed E-state index contributed by atoms with van der Waals surface area (Å²) in [6.07, 6.45) is 6.46. The summed E-state index contributed by atoms with van der Waals surface area (Å²) >= 11 is 0. The summed E-state index contributed by atoms with van der Waals surface area (Å²) in [5, 5.41) is 13.3. The highest BCUT2D eigenvalue weighted by atomic mass is 16.5. The lowest BCUT2D eigenvalue weighted by atomic mass is 9.92. The first-order valence-corrected chi connectivity index (χ1v) is 12.3. The van der Waals surface area contributed by atoms with Crippen LogP contribution in [0.3, 0.4) is 0 Å². The Kier molecular flexibility index (Phi) is 7.72. The summed E-state index contributed by atoms with van der Waals surface area (Å²) in [6.45, 7) is 6.67. The number of esters is 1. The van der Waals surface area contributed by atoms with Gasteiger partial charge in [0, 0.05) is 23.7 Å². The number of carbonyl (C=O) groups is 1. The van der Waals surface area contributed by atoms with E-state index >= 15 is 0 Å². The number of hydrogen-bond acceptors (Lipinski definition) is 7. The third-order valence-electron chi connectivity index (χ3n) is 6.70. The van der Waals surface area contributed by atoms with Gasteiger partial charge in [0.25, 0.3) is 5.56 Å². The fraction of sp³-hybridized carbons (Fsp3) is 0.560. The number of nitrogens with one attached hydrogen (secondary N) is 1. The second kappa shape index (κ2) is 10.9. The van der Waals surface area contributed by atoms with Crippen LogP contribution in [0.15, 0.2) is 29.1 Å². The van der Waals surface area contributed by atoms with Gasteiger partial charge in [0.2, 0.25) is 0 Å². The lowest BCUT2D eigenvalue weighted by molar-refractivity contribution is -0.144. The van der Waals surface area contributed by atoms with Gasteiger partial charge in [-0.2, -0.15) is 0 Å². The summed E-state index contributed by atoms with van der Waals surface area (Å²) in [7, 11) is 0. The molecule has 0 aliphatic heterocycles. The maximum Gasteiger partial charge on any atom is 0.327 e. The topological polar surface area (TPSA) is 106 Å². The zero-order valence-electron chi connectivity index (χ0n) is 20.3. The molecule has 2 aromatic heterocycles. The molecule has 1 saturated carbocycles. The molecule has 0 saturated heterocycles. The minimum atomic E-state index is -0.364. The Labute approximate surface area is 199 Å². The number of benzene rings is 1. The highest BCUT2D eigenvalue weighted by Crippen LogP contribution is 2.33. The number of fused-ring (bicyclic) bond motifs is 1. The van der Waals surface area contributed by atoms with Crippen molar-refractivity contribution in [3.05, 3.63) is 51.6 Å². The van der Waals surface area contributed by atoms with E-state index in [9.17, 15) is 9.59 Å². The van der Waals surface area contributed by atoms with Crippen molar-refractivity contribution < 1.29 is 9.53 Å². The van der Waals surface area contributed by atoms with Crippen LogP contribution in [0.5, 0.6) is 0 Å². The molecular weight excluding hydrogens is 432 g/mol. The molecule has 0 amide bonds. The van der Waals surface area contributed by atoms with Gasteiger partial charge >= 0.3 is 5.97 Å². The van der Waals surface area contributed by atoms with Gasteiger partial charge in [-0.3, -0.25) is 14.5 Å².